The van der Waals surface area contributed by atoms with Gasteiger partial charge in [0.25, 0.3) is 0 Å². The fourth-order valence-electron chi connectivity index (χ4n) is 5.56. The highest BCUT2D eigenvalue weighted by molar-refractivity contribution is 5.63. The maximum Gasteiger partial charge on any atom is 0.227 e. The Hall–Kier alpha value is -6.63. The van der Waals surface area contributed by atoms with Crippen LogP contribution in [-0.2, 0) is 13.1 Å². The van der Waals surface area contributed by atoms with Gasteiger partial charge in [-0.05, 0) is 80.2 Å². The molecule has 0 aliphatic rings. The number of hydrogen-bond donors (Lipinski definition) is 2. The zero-order chi connectivity index (χ0) is 39.5. The lowest BCUT2D eigenvalue weighted by atomic mass is 10.2. The number of nitrogens with zero attached hydrogens (tertiary/aromatic N) is 8. The second kappa shape index (κ2) is 21.3. The van der Waals surface area contributed by atoms with Gasteiger partial charge in [-0.15, -0.1) is 19.7 Å². The topological polar surface area (TPSA) is 117 Å². The van der Waals surface area contributed by atoms with Crippen molar-refractivity contribution in [3.8, 4) is 28.4 Å². The van der Waals surface area contributed by atoms with Gasteiger partial charge in [-0.2, -0.15) is 4.39 Å². The van der Waals surface area contributed by atoms with Crippen molar-refractivity contribution >= 4 is 23.3 Å². The van der Waals surface area contributed by atoms with E-state index in [2.05, 4.69) is 101 Å². The van der Waals surface area contributed by atoms with Gasteiger partial charge < -0.3 is 15.4 Å². The maximum absolute atomic E-state index is 13.3. The van der Waals surface area contributed by atoms with E-state index in [0.29, 0.717) is 35.6 Å². The Labute approximate surface area is 328 Å². The smallest absolute Gasteiger partial charge is 0.227 e. The SMILES string of the molecule is C=CCCOc1cc(-c2ccnc(Nc3cccc(CN(C)CC=C)c3)n2)ccn1.C=CCN(C)Cc1cccc(Nc2nccc(-c3ccnc(F)c3)n2)c1. The molecule has 286 valence electrons. The summed E-state index contributed by atoms with van der Waals surface area (Å²) >= 11 is 0. The van der Waals surface area contributed by atoms with Gasteiger partial charge in [-0.25, -0.2) is 29.9 Å². The van der Waals surface area contributed by atoms with Gasteiger partial charge in [0.15, 0.2) is 0 Å². The first kappa shape index (κ1) is 40.6. The molecule has 0 aliphatic heterocycles. The van der Waals surface area contributed by atoms with E-state index in [1.54, 1.807) is 30.7 Å². The predicted molar refractivity (Wildman–Crippen MR) is 223 cm³/mol. The molecule has 11 nitrogen and oxygen atoms in total. The molecular weight excluding hydrogens is 704 g/mol. The Morgan fingerprint density at radius 3 is 1.66 bits per heavy atom. The second-order valence-electron chi connectivity index (χ2n) is 12.8. The average molecular weight is 751 g/mol. The Bertz CT molecular complexity index is 2200. The summed E-state index contributed by atoms with van der Waals surface area (Å²) in [6.45, 7) is 15.1. The molecule has 56 heavy (non-hydrogen) atoms. The van der Waals surface area contributed by atoms with E-state index in [1.165, 1.54) is 23.4 Å². The summed E-state index contributed by atoms with van der Waals surface area (Å²) in [5, 5.41) is 6.50. The van der Waals surface area contributed by atoms with Crippen molar-refractivity contribution in [2.45, 2.75) is 19.5 Å². The van der Waals surface area contributed by atoms with Crippen LogP contribution in [-0.4, -0.2) is 73.5 Å². The normalized spacial score (nSPS) is 10.7. The van der Waals surface area contributed by atoms with Crippen LogP contribution in [0.15, 0.2) is 148 Å². The van der Waals surface area contributed by atoms with Crippen LogP contribution in [0.2, 0.25) is 0 Å². The number of hydrogen-bond acceptors (Lipinski definition) is 11. The summed E-state index contributed by atoms with van der Waals surface area (Å²) in [6.07, 6.45) is 12.9. The van der Waals surface area contributed by atoms with E-state index < -0.39 is 5.95 Å². The number of anilines is 4. The number of pyridine rings is 2. The van der Waals surface area contributed by atoms with Gasteiger partial charge in [0.05, 0.1) is 18.0 Å². The first-order chi connectivity index (χ1) is 27.3. The molecular formula is C44H47FN10O. The zero-order valence-electron chi connectivity index (χ0n) is 31.9. The first-order valence-electron chi connectivity index (χ1n) is 18.1. The highest BCUT2D eigenvalue weighted by atomic mass is 19.1. The Morgan fingerprint density at radius 1 is 0.625 bits per heavy atom. The monoisotopic (exact) mass is 750 g/mol. The summed E-state index contributed by atoms with van der Waals surface area (Å²) in [5.41, 5.74) is 7.22. The number of benzene rings is 2. The largest absolute Gasteiger partial charge is 0.477 e. The van der Waals surface area contributed by atoms with Gasteiger partial charge in [-0.3, -0.25) is 9.80 Å². The zero-order valence-corrected chi connectivity index (χ0v) is 31.9. The van der Waals surface area contributed by atoms with Crippen molar-refractivity contribution in [2.75, 3.05) is 44.4 Å². The van der Waals surface area contributed by atoms with Gasteiger partial charge in [0, 0.05) is 85.6 Å². The molecule has 12 heteroatoms. The number of ether oxygens (including phenoxy) is 1. The molecule has 4 heterocycles. The molecule has 0 unspecified atom stereocenters. The van der Waals surface area contributed by atoms with E-state index in [1.807, 2.05) is 67.7 Å². The first-order valence-corrected chi connectivity index (χ1v) is 18.1. The van der Waals surface area contributed by atoms with Crippen LogP contribution >= 0.6 is 0 Å². The number of rotatable bonds is 18. The third-order valence-electron chi connectivity index (χ3n) is 8.09. The lowest BCUT2D eigenvalue weighted by molar-refractivity contribution is 0.312. The molecule has 6 rings (SSSR count). The van der Waals surface area contributed by atoms with Crippen molar-refractivity contribution in [3.63, 3.8) is 0 Å². The van der Waals surface area contributed by atoms with E-state index in [9.17, 15) is 4.39 Å². The molecule has 0 saturated heterocycles. The second-order valence-corrected chi connectivity index (χ2v) is 12.8. The van der Waals surface area contributed by atoms with Gasteiger partial charge in [0.2, 0.25) is 23.7 Å². The Kier molecular flexibility index (Phi) is 15.4. The van der Waals surface area contributed by atoms with Crippen LogP contribution in [0.5, 0.6) is 5.88 Å². The molecule has 6 aromatic rings. The van der Waals surface area contributed by atoms with E-state index in [4.69, 9.17) is 4.74 Å². The molecule has 0 atom stereocenters. The molecule has 0 aliphatic carbocycles. The van der Waals surface area contributed by atoms with Gasteiger partial charge in [-0.1, -0.05) is 42.5 Å². The minimum atomic E-state index is -0.535. The third kappa shape index (κ3) is 13.0. The maximum atomic E-state index is 13.3. The average Bonchev–Trinajstić information content (AvgIpc) is 3.19. The third-order valence-corrected chi connectivity index (χ3v) is 8.09. The van der Waals surface area contributed by atoms with Crippen LogP contribution < -0.4 is 15.4 Å². The summed E-state index contributed by atoms with van der Waals surface area (Å²) in [4.78, 5) is 29.9. The summed E-state index contributed by atoms with van der Waals surface area (Å²) in [5.74, 6) is 1.03. The molecule has 2 N–H and O–H groups in total. The quantitative estimate of drug-likeness (QED) is 0.0498. The van der Waals surface area contributed by atoms with Crippen LogP contribution in [0.4, 0.5) is 27.7 Å². The molecule has 0 fully saturated rings. The summed E-state index contributed by atoms with van der Waals surface area (Å²) in [7, 11) is 4.11. The molecule has 0 saturated carbocycles. The molecule has 2 aromatic carbocycles. The number of aromatic nitrogens is 6. The number of nitrogens with one attached hydrogen (secondary N) is 2. The van der Waals surface area contributed by atoms with E-state index in [0.717, 1.165) is 55.2 Å². The standard InChI is InChI=1S/C24H27N5O.C20H20FN5/c1-4-6-15-30-23-17-20(10-12-25-23)22-11-13-26-24(28-22)27-21-9-7-8-19(16-21)18-29(3)14-5-2;1-3-11-26(2)14-15-5-4-6-17(12-15)24-20-23-10-8-18(25-20)16-7-9-22-19(21)13-16/h4-5,7-13,16-17H,1-2,6,14-15,18H2,3H3,(H,26,27,28);3-10,12-13H,1,11,14H2,2H3,(H,23,24,25). The molecule has 4 aromatic heterocycles. The minimum absolute atomic E-state index is 0.455. The van der Waals surface area contributed by atoms with Gasteiger partial charge >= 0.3 is 0 Å². The minimum Gasteiger partial charge on any atom is -0.477 e. The van der Waals surface area contributed by atoms with Crippen LogP contribution in [0, 0.1) is 5.95 Å². The highest BCUT2D eigenvalue weighted by Crippen LogP contribution is 2.24. The van der Waals surface area contributed by atoms with Crippen molar-refractivity contribution in [2.24, 2.45) is 0 Å². The number of halogens is 1. The van der Waals surface area contributed by atoms with E-state index in [-0.39, 0.29) is 0 Å². The van der Waals surface area contributed by atoms with E-state index >= 15 is 0 Å². The lowest BCUT2D eigenvalue weighted by Crippen LogP contribution is -2.17. The summed E-state index contributed by atoms with van der Waals surface area (Å²) in [6, 6.07) is 26.8. The molecule has 0 spiro atoms. The van der Waals surface area contributed by atoms with Crippen LogP contribution in [0.3, 0.4) is 0 Å². The number of likely N-dealkylation sites (N-methyl/N-ethyl adjacent to an activating group) is 2. The fraction of sp³-hybridized carbons (Fsp3) is 0.182. The van der Waals surface area contributed by atoms with Crippen molar-refractivity contribution in [1.29, 1.82) is 0 Å². The summed E-state index contributed by atoms with van der Waals surface area (Å²) < 4.78 is 19.0. The van der Waals surface area contributed by atoms with Crippen molar-refractivity contribution in [3.05, 3.63) is 165 Å². The highest BCUT2D eigenvalue weighted by Gasteiger charge is 2.08. The Morgan fingerprint density at radius 2 is 1.14 bits per heavy atom. The van der Waals surface area contributed by atoms with Crippen molar-refractivity contribution in [1.82, 2.24) is 39.7 Å². The molecule has 0 bridgehead atoms. The Balaban J connectivity index is 0.000000216. The molecule has 0 amide bonds. The lowest BCUT2D eigenvalue weighted by Gasteiger charge is -2.15. The predicted octanol–water partition coefficient (Wildman–Crippen LogP) is 8.89. The fourth-order valence-corrected chi connectivity index (χ4v) is 5.56. The van der Waals surface area contributed by atoms with Crippen LogP contribution in [0.1, 0.15) is 17.5 Å². The molecule has 0 radical (unpaired) electrons. The van der Waals surface area contributed by atoms with Crippen LogP contribution in [0.25, 0.3) is 22.5 Å². The van der Waals surface area contributed by atoms with Gasteiger partial charge in [0.1, 0.15) is 0 Å². The van der Waals surface area contributed by atoms with Crippen molar-refractivity contribution < 1.29 is 9.13 Å².